The monoisotopic (exact) mass is 333 g/mol. The highest BCUT2D eigenvalue weighted by molar-refractivity contribution is 9.10. The van der Waals surface area contributed by atoms with Gasteiger partial charge in [0.1, 0.15) is 5.75 Å². The van der Waals surface area contributed by atoms with E-state index in [0.717, 1.165) is 26.8 Å². The fourth-order valence-electron chi connectivity index (χ4n) is 1.90. The number of hydrogen-bond acceptors (Lipinski definition) is 5. The van der Waals surface area contributed by atoms with Crippen molar-refractivity contribution in [1.29, 1.82) is 0 Å². The van der Waals surface area contributed by atoms with E-state index in [-0.39, 0.29) is 6.61 Å². The highest BCUT2D eigenvalue weighted by Crippen LogP contribution is 2.32. The van der Waals surface area contributed by atoms with E-state index in [2.05, 4.69) is 31.1 Å². The number of fused-ring (bicyclic) bond motifs is 1. The Hall–Kier alpha value is -1.95. The van der Waals surface area contributed by atoms with E-state index in [1.165, 1.54) is 0 Å². The molecule has 20 heavy (non-hydrogen) atoms. The van der Waals surface area contributed by atoms with E-state index in [4.69, 9.17) is 9.15 Å². The lowest BCUT2D eigenvalue weighted by Crippen LogP contribution is -1.97. The third-order valence-corrected chi connectivity index (χ3v) is 3.65. The van der Waals surface area contributed by atoms with Gasteiger partial charge in [-0.15, -0.1) is 10.2 Å². The van der Waals surface area contributed by atoms with Gasteiger partial charge in [-0.1, -0.05) is 0 Å². The quantitative estimate of drug-likeness (QED) is 0.733. The fraction of sp³-hybridized carbons (Fsp3) is 0.214. The molecule has 0 atom stereocenters. The fourth-order valence-corrected chi connectivity index (χ4v) is 2.48. The number of aromatic nitrogens is 3. The number of ether oxygens (including phenoxy) is 1. The minimum absolute atomic E-state index is 0.240. The summed E-state index contributed by atoms with van der Waals surface area (Å²) in [6.07, 6.45) is 0. The number of nitrogens with zero attached hydrogens (tertiary/aromatic N) is 3. The Balaban J connectivity index is 1.88. The Kier molecular flexibility index (Phi) is 3.40. The van der Waals surface area contributed by atoms with Crippen molar-refractivity contribution in [1.82, 2.24) is 15.2 Å². The van der Waals surface area contributed by atoms with Crippen molar-refractivity contribution < 1.29 is 9.15 Å². The van der Waals surface area contributed by atoms with E-state index >= 15 is 0 Å². The Labute approximate surface area is 124 Å². The van der Waals surface area contributed by atoms with Gasteiger partial charge in [-0.2, -0.15) is 0 Å². The zero-order valence-corrected chi connectivity index (χ0v) is 12.6. The van der Waals surface area contributed by atoms with Crippen LogP contribution in [0.1, 0.15) is 17.5 Å². The van der Waals surface area contributed by atoms with Gasteiger partial charge in [0, 0.05) is 18.0 Å². The molecule has 0 saturated carbocycles. The molecule has 102 valence electrons. The maximum Gasteiger partial charge on any atom is 0.253 e. The summed E-state index contributed by atoms with van der Waals surface area (Å²) < 4.78 is 11.9. The molecule has 2 aromatic heterocycles. The molecular formula is C14H12BrN3O2. The smallest absolute Gasteiger partial charge is 0.253 e. The van der Waals surface area contributed by atoms with Crippen molar-refractivity contribution in [2.24, 2.45) is 0 Å². The normalized spacial score (nSPS) is 10.9. The van der Waals surface area contributed by atoms with E-state index in [9.17, 15) is 0 Å². The SMILES string of the molecule is Cc1ccc2c(Br)c(OCc3nnc(C)o3)ccc2n1. The van der Waals surface area contributed by atoms with Gasteiger partial charge in [0.2, 0.25) is 5.89 Å². The van der Waals surface area contributed by atoms with Gasteiger partial charge in [0.05, 0.1) is 9.99 Å². The standard InChI is InChI=1S/C14H12BrN3O2/c1-8-3-4-10-11(16-8)5-6-12(14(10)15)19-7-13-18-17-9(2)20-13/h3-6H,7H2,1-2H3. The molecule has 3 aromatic rings. The molecule has 6 heteroatoms. The third kappa shape index (κ3) is 2.51. The molecule has 0 amide bonds. The minimum Gasteiger partial charge on any atom is -0.483 e. The summed E-state index contributed by atoms with van der Waals surface area (Å²) in [7, 11) is 0. The van der Waals surface area contributed by atoms with Crippen LogP contribution < -0.4 is 4.74 Å². The maximum absolute atomic E-state index is 5.70. The average Bonchev–Trinajstić information content (AvgIpc) is 2.84. The van der Waals surface area contributed by atoms with Crippen molar-refractivity contribution in [2.75, 3.05) is 0 Å². The molecule has 2 heterocycles. The van der Waals surface area contributed by atoms with Gasteiger partial charge >= 0.3 is 0 Å². The molecule has 0 N–H and O–H groups in total. The van der Waals surface area contributed by atoms with Crippen LogP contribution in [-0.4, -0.2) is 15.2 Å². The maximum atomic E-state index is 5.70. The number of rotatable bonds is 3. The second-order valence-electron chi connectivity index (χ2n) is 4.40. The summed E-state index contributed by atoms with van der Waals surface area (Å²) in [5.74, 6) is 1.70. The molecule has 0 aliphatic carbocycles. The summed E-state index contributed by atoms with van der Waals surface area (Å²) >= 11 is 3.55. The Morgan fingerprint density at radius 1 is 1.15 bits per heavy atom. The number of aryl methyl sites for hydroxylation is 2. The minimum atomic E-state index is 0.240. The van der Waals surface area contributed by atoms with Crippen molar-refractivity contribution in [3.63, 3.8) is 0 Å². The second kappa shape index (κ2) is 5.20. The summed E-state index contributed by atoms with van der Waals surface area (Å²) in [6.45, 7) is 3.95. The van der Waals surface area contributed by atoms with Gasteiger partial charge < -0.3 is 9.15 Å². The number of benzene rings is 1. The summed E-state index contributed by atoms with van der Waals surface area (Å²) in [5.41, 5.74) is 1.91. The molecule has 0 saturated heterocycles. The lowest BCUT2D eigenvalue weighted by molar-refractivity contribution is 0.259. The van der Waals surface area contributed by atoms with Crippen LogP contribution in [0.25, 0.3) is 10.9 Å². The highest BCUT2D eigenvalue weighted by Gasteiger charge is 2.09. The van der Waals surface area contributed by atoms with Crippen molar-refractivity contribution in [2.45, 2.75) is 20.5 Å². The van der Waals surface area contributed by atoms with E-state index in [0.29, 0.717) is 11.8 Å². The molecule has 5 nitrogen and oxygen atoms in total. The van der Waals surface area contributed by atoms with E-state index < -0.39 is 0 Å². The zero-order chi connectivity index (χ0) is 14.1. The summed E-state index contributed by atoms with van der Waals surface area (Å²) in [6, 6.07) is 7.80. The van der Waals surface area contributed by atoms with Crippen molar-refractivity contribution in [3.05, 3.63) is 46.2 Å². The number of halogens is 1. The first-order chi connectivity index (χ1) is 9.63. The Bertz CT molecular complexity index is 770. The number of pyridine rings is 1. The van der Waals surface area contributed by atoms with Crippen molar-refractivity contribution >= 4 is 26.8 Å². The number of hydrogen-bond donors (Lipinski definition) is 0. The zero-order valence-electron chi connectivity index (χ0n) is 11.1. The summed E-state index contributed by atoms with van der Waals surface area (Å²) in [5, 5.41) is 8.67. The Morgan fingerprint density at radius 2 is 2.00 bits per heavy atom. The predicted octanol–water partition coefficient (Wildman–Crippen LogP) is 3.58. The van der Waals surface area contributed by atoms with Crippen LogP contribution in [0.2, 0.25) is 0 Å². The molecule has 0 spiro atoms. The van der Waals surface area contributed by atoms with Crippen LogP contribution in [0.3, 0.4) is 0 Å². The topological polar surface area (TPSA) is 61.0 Å². The van der Waals surface area contributed by atoms with Crippen LogP contribution in [-0.2, 0) is 6.61 Å². The largest absolute Gasteiger partial charge is 0.483 e. The molecule has 0 unspecified atom stereocenters. The molecule has 0 aliphatic heterocycles. The summed E-state index contributed by atoms with van der Waals surface area (Å²) in [4.78, 5) is 4.47. The second-order valence-corrected chi connectivity index (χ2v) is 5.19. The van der Waals surface area contributed by atoms with Crippen LogP contribution in [0.4, 0.5) is 0 Å². The van der Waals surface area contributed by atoms with Gasteiger partial charge in [0.15, 0.2) is 6.61 Å². The van der Waals surface area contributed by atoms with Crippen LogP contribution in [0.5, 0.6) is 5.75 Å². The molecule has 0 radical (unpaired) electrons. The van der Waals surface area contributed by atoms with Gasteiger partial charge in [-0.05, 0) is 47.1 Å². The highest BCUT2D eigenvalue weighted by atomic mass is 79.9. The Morgan fingerprint density at radius 3 is 2.75 bits per heavy atom. The first-order valence-electron chi connectivity index (χ1n) is 6.11. The van der Waals surface area contributed by atoms with Crippen LogP contribution >= 0.6 is 15.9 Å². The third-order valence-electron chi connectivity index (χ3n) is 2.83. The predicted molar refractivity (Wildman–Crippen MR) is 77.5 cm³/mol. The average molecular weight is 334 g/mol. The lowest BCUT2D eigenvalue weighted by Gasteiger charge is -2.08. The first-order valence-corrected chi connectivity index (χ1v) is 6.90. The molecule has 1 aromatic carbocycles. The molecule has 0 fully saturated rings. The lowest BCUT2D eigenvalue weighted by atomic mass is 10.2. The molecular weight excluding hydrogens is 322 g/mol. The molecule has 0 bridgehead atoms. The van der Waals surface area contributed by atoms with Gasteiger partial charge in [-0.3, -0.25) is 4.98 Å². The van der Waals surface area contributed by atoms with Crippen LogP contribution in [0.15, 0.2) is 33.2 Å². The van der Waals surface area contributed by atoms with Gasteiger partial charge in [-0.25, -0.2) is 0 Å². The first kappa shape index (κ1) is 13.1. The van der Waals surface area contributed by atoms with Gasteiger partial charge in [0.25, 0.3) is 5.89 Å². The molecule has 3 rings (SSSR count). The van der Waals surface area contributed by atoms with Crippen molar-refractivity contribution in [3.8, 4) is 5.75 Å². The van der Waals surface area contributed by atoms with E-state index in [1.807, 2.05) is 31.2 Å². The molecule has 0 aliphatic rings. The van der Waals surface area contributed by atoms with E-state index in [1.54, 1.807) is 6.92 Å². The van der Waals surface area contributed by atoms with Crippen LogP contribution in [0, 0.1) is 13.8 Å².